The molecule has 0 heterocycles. The highest BCUT2D eigenvalue weighted by molar-refractivity contribution is 6.21. The Morgan fingerprint density at radius 1 is 0.822 bits per heavy atom. The number of aliphatic carboxylic acids is 1. The van der Waals surface area contributed by atoms with Crippen molar-refractivity contribution in [3.8, 4) is 0 Å². The van der Waals surface area contributed by atoms with E-state index in [1.54, 1.807) is 0 Å². The van der Waals surface area contributed by atoms with E-state index in [-0.39, 0.29) is 65.7 Å². The molecule has 0 radical (unpaired) electrons. The van der Waals surface area contributed by atoms with Crippen molar-refractivity contribution in [1.29, 1.82) is 0 Å². The maximum Gasteiger partial charge on any atom is 0.307 e. The third kappa shape index (κ3) is 9.38. The fourth-order valence-electron chi connectivity index (χ4n) is 8.31. The molecule has 4 saturated carbocycles. The molecule has 0 aromatic carbocycles. The maximum absolute atomic E-state index is 13.1. The number of nitro groups is 2. The summed E-state index contributed by atoms with van der Waals surface area (Å²) in [6.45, 7) is 0.164. The monoisotopic (exact) mass is 680 g/mol. The molecule has 4 rings (SSSR count). The zero-order chi connectivity index (χ0) is 32.7. The summed E-state index contributed by atoms with van der Waals surface area (Å²) >= 11 is 13.5. The van der Waals surface area contributed by atoms with Gasteiger partial charge in [0.05, 0.1) is 35.8 Å². The first kappa shape index (κ1) is 36.0. The Kier molecular flexibility index (Phi) is 13.5. The van der Waals surface area contributed by atoms with Crippen molar-refractivity contribution in [1.82, 2.24) is 10.8 Å². The fraction of sp³-hybridized carbons (Fsp3) is 0.931. The molecule has 45 heavy (non-hydrogen) atoms. The smallest absolute Gasteiger partial charge is 0.307 e. The van der Waals surface area contributed by atoms with Gasteiger partial charge in [-0.1, -0.05) is 0 Å². The van der Waals surface area contributed by atoms with Crippen molar-refractivity contribution >= 4 is 35.1 Å². The van der Waals surface area contributed by atoms with Crippen LogP contribution in [0, 0.1) is 55.7 Å². The number of carbonyl (C=O) groups excluding carboxylic acids is 1. The third-order valence-corrected chi connectivity index (χ3v) is 11.7. The van der Waals surface area contributed by atoms with Crippen LogP contribution in [0.5, 0.6) is 0 Å². The highest BCUT2D eigenvalue weighted by atomic mass is 35.5. The minimum Gasteiger partial charge on any atom is -0.481 e. The van der Waals surface area contributed by atoms with E-state index in [9.17, 15) is 34.9 Å². The quantitative estimate of drug-likeness (QED) is 0.0936. The van der Waals surface area contributed by atoms with Gasteiger partial charge in [0.1, 0.15) is 5.92 Å². The molecule has 256 valence electrons. The Labute approximate surface area is 272 Å². The minimum atomic E-state index is -1.22. The minimum absolute atomic E-state index is 0.0345. The number of alkyl halides is 2. The molecule has 4 aliphatic carbocycles. The Balaban J connectivity index is 1.21. The van der Waals surface area contributed by atoms with Crippen molar-refractivity contribution in [3.63, 3.8) is 0 Å². The van der Waals surface area contributed by atoms with Crippen LogP contribution >= 0.6 is 23.2 Å². The first-order valence-corrected chi connectivity index (χ1v) is 17.1. The SMILES string of the molecule is O=C(O)C1CCCC([N+](=O)[O-])C1C(=O)NC1CCC(CC2CCC(NOCC3C(COO)CCCC3[N+](=O)[O-])C(Cl)C2)CC1Cl. The number of nitrogens with one attached hydrogen (secondary N) is 2. The highest BCUT2D eigenvalue weighted by Gasteiger charge is 2.49. The predicted molar refractivity (Wildman–Crippen MR) is 163 cm³/mol. The molecule has 0 saturated heterocycles. The van der Waals surface area contributed by atoms with E-state index in [4.69, 9.17) is 33.3 Å². The van der Waals surface area contributed by atoms with E-state index < -0.39 is 40.7 Å². The first-order valence-electron chi connectivity index (χ1n) is 16.2. The Morgan fingerprint density at radius 2 is 1.42 bits per heavy atom. The van der Waals surface area contributed by atoms with Crippen molar-refractivity contribution in [2.75, 3.05) is 13.2 Å². The number of hydrogen-bond acceptors (Lipinski definition) is 10. The van der Waals surface area contributed by atoms with Gasteiger partial charge in [0.25, 0.3) is 0 Å². The van der Waals surface area contributed by atoms with E-state index in [1.165, 1.54) is 0 Å². The zero-order valence-corrected chi connectivity index (χ0v) is 26.9. The summed E-state index contributed by atoms with van der Waals surface area (Å²) in [4.78, 5) is 57.4. The van der Waals surface area contributed by atoms with Gasteiger partial charge in [-0.25, -0.2) is 4.89 Å². The van der Waals surface area contributed by atoms with Crippen LogP contribution in [-0.4, -0.2) is 80.2 Å². The molecule has 4 N–H and O–H groups in total. The molecule has 4 fully saturated rings. The molecule has 0 bridgehead atoms. The molecule has 16 heteroatoms. The van der Waals surface area contributed by atoms with Crippen LogP contribution in [0.4, 0.5) is 0 Å². The van der Waals surface area contributed by atoms with Crippen molar-refractivity contribution < 1.29 is 39.5 Å². The number of hydroxylamine groups is 1. The van der Waals surface area contributed by atoms with Gasteiger partial charge in [0.2, 0.25) is 18.0 Å². The second kappa shape index (κ2) is 16.8. The van der Waals surface area contributed by atoms with Gasteiger partial charge in [-0.15, -0.1) is 23.2 Å². The van der Waals surface area contributed by atoms with E-state index in [0.29, 0.717) is 43.9 Å². The standard InChI is InChI=1S/C29H46Cl2N4O10/c30-21-12-16(7-9-23(21)32-28(36)27-19(29(37)38)4-2-6-26(27)35(41)42)11-17-8-10-24(22(31)13-17)33-44-15-20-18(14-45-43)3-1-5-25(20)34(39)40/h16-27,33,43H,1-15H2,(H,32,36)(H,37,38). The number of carboxylic acid groups (broad SMARTS) is 1. The molecule has 0 spiro atoms. The molecule has 0 aromatic heterocycles. The van der Waals surface area contributed by atoms with Crippen LogP contribution in [0.15, 0.2) is 0 Å². The third-order valence-electron chi connectivity index (χ3n) is 10.8. The van der Waals surface area contributed by atoms with Crippen LogP contribution in [0.2, 0.25) is 0 Å². The summed E-state index contributed by atoms with van der Waals surface area (Å²) in [5.74, 6) is -3.90. The maximum atomic E-state index is 13.1. The van der Waals surface area contributed by atoms with Gasteiger partial charge in [0.15, 0.2) is 0 Å². The summed E-state index contributed by atoms with van der Waals surface area (Å²) in [5, 5.41) is 44.0. The lowest BCUT2D eigenvalue weighted by Crippen LogP contribution is -2.54. The largest absolute Gasteiger partial charge is 0.481 e. The van der Waals surface area contributed by atoms with E-state index in [1.807, 2.05) is 0 Å². The Bertz CT molecular complexity index is 1020. The molecule has 12 atom stereocenters. The number of rotatable bonds is 13. The number of halogens is 2. The van der Waals surface area contributed by atoms with E-state index in [0.717, 1.165) is 38.5 Å². The van der Waals surface area contributed by atoms with E-state index >= 15 is 0 Å². The molecule has 14 nitrogen and oxygen atoms in total. The van der Waals surface area contributed by atoms with E-state index in [2.05, 4.69) is 15.7 Å². The second-order valence-corrected chi connectivity index (χ2v) is 14.7. The summed E-state index contributed by atoms with van der Waals surface area (Å²) in [6, 6.07) is -2.44. The van der Waals surface area contributed by atoms with Crippen LogP contribution in [0.3, 0.4) is 0 Å². The van der Waals surface area contributed by atoms with Gasteiger partial charge < -0.3 is 15.3 Å². The topological polar surface area (TPSA) is 203 Å². The lowest BCUT2D eigenvalue weighted by atomic mass is 9.74. The average molecular weight is 682 g/mol. The fourth-order valence-corrected chi connectivity index (χ4v) is 9.18. The zero-order valence-electron chi connectivity index (χ0n) is 25.3. The summed E-state index contributed by atoms with van der Waals surface area (Å²) < 4.78 is 0. The Morgan fingerprint density at radius 3 is 2.00 bits per heavy atom. The van der Waals surface area contributed by atoms with Gasteiger partial charge in [-0.05, 0) is 88.4 Å². The molecule has 0 aliphatic heterocycles. The average Bonchev–Trinajstić information content (AvgIpc) is 2.99. The molecular weight excluding hydrogens is 635 g/mol. The van der Waals surface area contributed by atoms with Gasteiger partial charge in [0, 0.05) is 34.8 Å². The van der Waals surface area contributed by atoms with Crippen molar-refractivity contribution in [2.24, 2.45) is 35.5 Å². The van der Waals surface area contributed by atoms with Crippen LogP contribution in [0.1, 0.15) is 83.5 Å². The predicted octanol–water partition coefficient (Wildman–Crippen LogP) is 4.26. The number of hydrogen-bond donors (Lipinski definition) is 4. The molecule has 4 aliphatic rings. The number of amides is 1. The van der Waals surface area contributed by atoms with Crippen LogP contribution < -0.4 is 10.8 Å². The molecular formula is C29H46Cl2N4O10. The van der Waals surface area contributed by atoms with Gasteiger partial charge in [-0.3, -0.25) is 35.1 Å². The van der Waals surface area contributed by atoms with Crippen molar-refractivity contribution in [3.05, 3.63) is 20.2 Å². The van der Waals surface area contributed by atoms with Crippen LogP contribution in [0.25, 0.3) is 0 Å². The second-order valence-electron chi connectivity index (χ2n) is 13.5. The summed E-state index contributed by atoms with van der Waals surface area (Å²) in [5.41, 5.74) is 3.05. The highest BCUT2D eigenvalue weighted by Crippen LogP contribution is 2.39. The van der Waals surface area contributed by atoms with Crippen molar-refractivity contribution in [2.45, 2.75) is 118 Å². The molecule has 0 aromatic rings. The number of nitrogens with zero attached hydrogens (tertiary/aromatic N) is 2. The Hall–Kier alpha value is -1.84. The number of carbonyl (C=O) groups is 2. The molecule has 1 amide bonds. The summed E-state index contributed by atoms with van der Waals surface area (Å²) in [7, 11) is 0. The normalized spacial score (nSPS) is 39.1. The lowest BCUT2D eigenvalue weighted by Gasteiger charge is -2.39. The van der Waals surface area contributed by atoms with Crippen LogP contribution in [-0.2, 0) is 19.3 Å². The van der Waals surface area contributed by atoms with Gasteiger partial charge >= 0.3 is 5.97 Å². The summed E-state index contributed by atoms with van der Waals surface area (Å²) in [6.07, 6.45) is 8.25. The lowest BCUT2D eigenvalue weighted by molar-refractivity contribution is -0.540. The van der Waals surface area contributed by atoms with Gasteiger partial charge in [-0.2, -0.15) is 5.48 Å². The number of carboxylic acids is 1. The first-order chi connectivity index (χ1) is 21.5. The molecule has 12 unspecified atom stereocenters.